The van der Waals surface area contributed by atoms with Crippen LogP contribution in [0.5, 0.6) is 0 Å². The molecule has 0 heterocycles. The Balaban J connectivity index is 2.58. The quantitative estimate of drug-likeness (QED) is 0.218. The van der Waals surface area contributed by atoms with Gasteiger partial charge in [-0.25, -0.2) is 4.79 Å². The van der Waals surface area contributed by atoms with Crippen molar-refractivity contribution in [3.8, 4) is 0 Å². The maximum atomic E-state index is 12.6. The first-order valence-electron chi connectivity index (χ1n) is 9.45. The predicted molar refractivity (Wildman–Crippen MR) is 106 cm³/mol. The second-order valence-corrected chi connectivity index (χ2v) is 6.51. The SMILES string of the molecule is NCC(=O)CCC(=O)N[C@H](Cc1ccccc1)C(=O)CCC(=O)NCOCC(=O)O. The van der Waals surface area contributed by atoms with Crippen LogP contribution in [-0.2, 0) is 35.1 Å². The molecule has 0 spiro atoms. The lowest BCUT2D eigenvalue weighted by atomic mass is 9.99. The Bertz CT molecular complexity index is 737. The topological polar surface area (TPSA) is 165 Å². The van der Waals surface area contributed by atoms with E-state index in [1.165, 1.54) is 0 Å². The molecule has 1 rings (SSSR count). The Hall–Kier alpha value is -3.11. The number of carbonyl (C=O) groups is 5. The largest absolute Gasteiger partial charge is 0.480 e. The average molecular weight is 421 g/mol. The highest BCUT2D eigenvalue weighted by Gasteiger charge is 2.22. The lowest BCUT2D eigenvalue weighted by molar-refractivity contribution is -0.143. The summed E-state index contributed by atoms with van der Waals surface area (Å²) in [6.45, 7) is -0.972. The molecule has 0 aliphatic heterocycles. The maximum absolute atomic E-state index is 12.6. The van der Waals surface area contributed by atoms with Crippen LogP contribution in [0.15, 0.2) is 30.3 Å². The van der Waals surface area contributed by atoms with Crippen molar-refractivity contribution in [1.82, 2.24) is 10.6 Å². The van der Waals surface area contributed by atoms with Crippen molar-refractivity contribution in [3.05, 3.63) is 35.9 Å². The molecule has 0 bridgehead atoms. The van der Waals surface area contributed by atoms with Crippen LogP contribution < -0.4 is 16.4 Å². The zero-order valence-electron chi connectivity index (χ0n) is 16.6. The number of carbonyl (C=O) groups excluding carboxylic acids is 4. The van der Waals surface area contributed by atoms with Crippen LogP contribution in [0.4, 0.5) is 0 Å². The van der Waals surface area contributed by atoms with Gasteiger partial charge in [-0.3, -0.25) is 19.2 Å². The number of carboxylic acids is 1. The summed E-state index contributed by atoms with van der Waals surface area (Å²) >= 11 is 0. The van der Waals surface area contributed by atoms with Gasteiger partial charge in [0.1, 0.15) is 19.1 Å². The Morgan fingerprint density at radius 3 is 2.27 bits per heavy atom. The molecule has 0 radical (unpaired) electrons. The number of hydrogen-bond acceptors (Lipinski definition) is 7. The molecule has 0 unspecified atom stereocenters. The molecule has 1 aromatic rings. The molecule has 0 aromatic heterocycles. The third-order valence-corrected chi connectivity index (χ3v) is 4.06. The number of rotatable bonds is 15. The summed E-state index contributed by atoms with van der Waals surface area (Å²) in [7, 11) is 0. The van der Waals surface area contributed by atoms with Crippen molar-refractivity contribution in [3.63, 3.8) is 0 Å². The van der Waals surface area contributed by atoms with Crippen LogP contribution in [0, 0.1) is 0 Å². The molecular weight excluding hydrogens is 394 g/mol. The van der Waals surface area contributed by atoms with E-state index in [0.717, 1.165) is 5.56 Å². The summed E-state index contributed by atoms with van der Waals surface area (Å²) < 4.78 is 4.70. The third kappa shape index (κ3) is 11.0. The standard InChI is InChI=1S/C20H27N3O7/c21-11-15(24)6-8-19(27)23-16(10-14-4-2-1-3-5-14)17(25)7-9-18(26)22-13-30-12-20(28)29/h1-5,16H,6-13,21H2,(H,22,26)(H,23,27)(H,28,29)/t16-/m1/s1. The molecule has 0 fully saturated rings. The van der Waals surface area contributed by atoms with Crippen molar-refractivity contribution in [2.75, 3.05) is 19.9 Å². The Labute approximate surface area is 174 Å². The van der Waals surface area contributed by atoms with E-state index in [4.69, 9.17) is 15.6 Å². The molecule has 10 nitrogen and oxygen atoms in total. The van der Waals surface area contributed by atoms with Gasteiger partial charge in [0.15, 0.2) is 5.78 Å². The van der Waals surface area contributed by atoms with Crippen LogP contribution in [0.2, 0.25) is 0 Å². The summed E-state index contributed by atoms with van der Waals surface area (Å²) in [5.41, 5.74) is 6.06. The van der Waals surface area contributed by atoms with Gasteiger partial charge in [0.2, 0.25) is 11.8 Å². The first-order valence-corrected chi connectivity index (χ1v) is 9.45. The van der Waals surface area contributed by atoms with Gasteiger partial charge in [0.05, 0.1) is 12.6 Å². The van der Waals surface area contributed by atoms with E-state index >= 15 is 0 Å². The highest BCUT2D eigenvalue weighted by molar-refractivity contribution is 5.92. The minimum Gasteiger partial charge on any atom is -0.480 e. The molecule has 1 aromatic carbocycles. The Morgan fingerprint density at radius 1 is 0.967 bits per heavy atom. The fourth-order valence-electron chi connectivity index (χ4n) is 2.49. The van der Waals surface area contributed by atoms with Gasteiger partial charge in [-0.05, 0) is 12.0 Å². The predicted octanol–water partition coefficient (Wildman–Crippen LogP) is -0.454. The first-order chi connectivity index (χ1) is 14.3. The summed E-state index contributed by atoms with van der Waals surface area (Å²) in [6, 6.07) is 8.23. The summed E-state index contributed by atoms with van der Waals surface area (Å²) in [5, 5.41) is 13.4. The molecule has 0 saturated heterocycles. The minimum absolute atomic E-state index is 0.00662. The molecule has 2 amide bonds. The lowest BCUT2D eigenvalue weighted by Crippen LogP contribution is -2.43. The zero-order valence-corrected chi connectivity index (χ0v) is 16.6. The molecule has 10 heteroatoms. The van der Waals surface area contributed by atoms with Gasteiger partial charge in [-0.15, -0.1) is 0 Å². The van der Waals surface area contributed by atoms with E-state index in [2.05, 4.69) is 10.6 Å². The van der Waals surface area contributed by atoms with Crippen molar-refractivity contribution in [1.29, 1.82) is 0 Å². The van der Waals surface area contributed by atoms with Gasteiger partial charge >= 0.3 is 5.97 Å². The Morgan fingerprint density at radius 2 is 1.63 bits per heavy atom. The van der Waals surface area contributed by atoms with Crippen LogP contribution in [0.1, 0.15) is 31.2 Å². The summed E-state index contributed by atoms with van der Waals surface area (Å²) in [6.07, 6.45) is -0.0880. The average Bonchev–Trinajstić information content (AvgIpc) is 2.73. The number of Topliss-reactive ketones (excluding diaryl/α,β-unsaturated/α-hetero) is 2. The first kappa shape index (κ1) is 24.9. The highest BCUT2D eigenvalue weighted by Crippen LogP contribution is 2.08. The molecule has 0 aliphatic carbocycles. The van der Waals surface area contributed by atoms with Gasteiger partial charge in [0, 0.05) is 25.7 Å². The molecule has 1 atom stereocenters. The molecule has 5 N–H and O–H groups in total. The van der Waals surface area contributed by atoms with Gasteiger partial charge in [0.25, 0.3) is 0 Å². The smallest absolute Gasteiger partial charge is 0.329 e. The zero-order chi connectivity index (χ0) is 22.4. The number of nitrogens with one attached hydrogen (secondary N) is 2. The number of benzene rings is 1. The second kappa shape index (κ2) is 14.0. The number of amides is 2. The van der Waals surface area contributed by atoms with E-state index in [1.807, 2.05) is 30.3 Å². The van der Waals surface area contributed by atoms with Crippen molar-refractivity contribution in [2.45, 2.75) is 38.1 Å². The summed E-state index contributed by atoms with van der Waals surface area (Å²) in [5.74, 6) is -2.67. The van der Waals surface area contributed by atoms with Crippen LogP contribution >= 0.6 is 0 Å². The van der Waals surface area contributed by atoms with Crippen LogP contribution in [0.3, 0.4) is 0 Å². The molecule has 164 valence electrons. The molecule has 0 saturated carbocycles. The van der Waals surface area contributed by atoms with Crippen molar-refractivity contribution >= 4 is 29.4 Å². The maximum Gasteiger partial charge on any atom is 0.329 e. The minimum atomic E-state index is -1.16. The summed E-state index contributed by atoms with van der Waals surface area (Å²) in [4.78, 5) is 58.1. The third-order valence-electron chi connectivity index (χ3n) is 4.06. The highest BCUT2D eigenvalue weighted by atomic mass is 16.5. The number of ether oxygens (including phenoxy) is 1. The monoisotopic (exact) mass is 421 g/mol. The number of hydrogen-bond donors (Lipinski definition) is 4. The molecule has 30 heavy (non-hydrogen) atoms. The van der Waals surface area contributed by atoms with Crippen molar-refractivity contribution < 1.29 is 33.8 Å². The number of carboxylic acid groups (broad SMARTS) is 1. The van der Waals surface area contributed by atoms with Crippen LogP contribution in [0.25, 0.3) is 0 Å². The van der Waals surface area contributed by atoms with Gasteiger partial charge in [-0.2, -0.15) is 0 Å². The molecule has 0 aliphatic rings. The second-order valence-electron chi connectivity index (χ2n) is 6.51. The Kier molecular flexibility index (Phi) is 11.6. The van der Waals surface area contributed by atoms with Gasteiger partial charge in [-0.1, -0.05) is 30.3 Å². The number of aliphatic carboxylic acids is 1. The van der Waals surface area contributed by atoms with E-state index < -0.39 is 30.4 Å². The van der Waals surface area contributed by atoms with Crippen LogP contribution in [-0.4, -0.2) is 60.4 Å². The number of nitrogens with two attached hydrogens (primary N) is 1. The number of ketones is 2. The van der Waals surface area contributed by atoms with Crippen molar-refractivity contribution in [2.24, 2.45) is 5.73 Å². The lowest BCUT2D eigenvalue weighted by Gasteiger charge is -2.18. The molecular formula is C20H27N3O7. The normalized spacial score (nSPS) is 11.4. The van der Waals surface area contributed by atoms with E-state index in [1.54, 1.807) is 0 Å². The van der Waals surface area contributed by atoms with Gasteiger partial charge < -0.3 is 26.2 Å². The fourth-order valence-corrected chi connectivity index (χ4v) is 2.49. The van der Waals surface area contributed by atoms with E-state index in [9.17, 15) is 24.0 Å². The van der Waals surface area contributed by atoms with E-state index in [0.29, 0.717) is 0 Å². The van der Waals surface area contributed by atoms with E-state index in [-0.39, 0.29) is 56.9 Å². The fraction of sp³-hybridized carbons (Fsp3) is 0.450.